The summed E-state index contributed by atoms with van der Waals surface area (Å²) in [6, 6.07) is 148. The Morgan fingerprint density at radius 3 is 1.15 bits per heavy atom. The second kappa shape index (κ2) is 28.5. The maximum Gasteiger partial charge on any atom is 0.0984 e. The fraction of sp³-hybridized carbons (Fsp3) is 0. The van der Waals surface area contributed by atoms with E-state index in [0.29, 0.717) is 0 Å². The van der Waals surface area contributed by atoms with Crippen LogP contribution < -0.4 is 0 Å². The number of para-hydroxylation sites is 5. The van der Waals surface area contributed by atoms with Gasteiger partial charge in [0.1, 0.15) is 0 Å². The van der Waals surface area contributed by atoms with Gasteiger partial charge in [0, 0.05) is 119 Å². The van der Waals surface area contributed by atoms with Crippen molar-refractivity contribution in [1.82, 2.24) is 42.4 Å². The zero-order valence-electron chi connectivity index (χ0n) is 67.2. The van der Waals surface area contributed by atoms with Crippen LogP contribution in [0.2, 0.25) is 0 Å². The van der Waals surface area contributed by atoms with E-state index in [4.69, 9.17) is 4.98 Å². The minimum Gasteiger partial charge on any atom is -0.309 e. The zero-order valence-corrected chi connectivity index (χ0v) is 67.2. The van der Waals surface area contributed by atoms with Crippen molar-refractivity contribution < 1.29 is 0 Å². The molecule has 0 bridgehead atoms. The second-order valence-corrected chi connectivity index (χ2v) is 32.2. The monoisotopic (exact) mass is 1580 g/mol. The SMILES string of the molecule is c1ccc(-c2ccc(-n3c4ccncc4c4c3ccc3c5ccccc5n(-c5ccc(-c6ccccc6)cc5)c34)cc2)cc1.c1ccc(-n2c3ccccc3c3c2ccc2c4cnccc4n(-c4cc5ccccc5c5ccccc45)c23)cc1.c1ccc(-n2c3ccccc3c3ccc4c(c5ncccc5n4-c4ccc5cc6ccccc6cc5c4)c32)cc1. The standard InChI is InChI=1S/C41H27N3.2C37H23N3/c1-3-9-28(10-4-1)30-15-19-32(20-16-30)43-38-25-26-42-27-36(38)40-39(43)24-23-35-34-13-7-8-14-37(34)44(41(35)40)33-21-17-31(18-22-33)29-11-5-2-6-12-29;1-2-11-25(12-3-1)39-32-17-9-8-16-30(32)36-34(39)19-18-29-31-23-38-21-20-33(31)40(37(29)36)35-22-24-10-4-5-13-26(24)27-14-6-7-15-28(27)35;1-2-11-28(12-3-1)40-32-14-7-6-13-30(32)31-18-19-33-35(37(31)40)36-34(15-8-20-38-36)39(33)29-17-16-26-21-24-9-4-5-10-25(24)22-27(26)23-29/h1-27H;2*1-23H. The summed E-state index contributed by atoms with van der Waals surface area (Å²) in [5.74, 6) is 0. The third-order valence-electron chi connectivity index (χ3n) is 25.5. The predicted octanol–water partition coefficient (Wildman–Crippen LogP) is 29.8. The van der Waals surface area contributed by atoms with Crippen LogP contribution in [-0.4, -0.2) is 42.4 Å². The van der Waals surface area contributed by atoms with E-state index >= 15 is 0 Å². The molecule has 0 saturated carbocycles. The smallest absolute Gasteiger partial charge is 0.0984 e. The maximum atomic E-state index is 4.98. The molecule has 0 atom stereocenters. The summed E-state index contributed by atoms with van der Waals surface area (Å²) in [5, 5.41) is 23.4. The Bertz CT molecular complexity index is 8960. The molecule has 9 nitrogen and oxygen atoms in total. The van der Waals surface area contributed by atoms with E-state index in [1.54, 1.807) is 0 Å². The third-order valence-corrected chi connectivity index (χ3v) is 25.5. The molecule has 27 rings (SSSR count). The van der Waals surface area contributed by atoms with Gasteiger partial charge in [-0.3, -0.25) is 15.0 Å². The fourth-order valence-corrected chi connectivity index (χ4v) is 20.1. The molecular formula is C115H73N9. The van der Waals surface area contributed by atoms with Gasteiger partial charge in [-0.05, 0) is 199 Å². The molecule has 0 aliphatic heterocycles. The molecule has 9 heterocycles. The molecule has 0 N–H and O–H groups in total. The Morgan fingerprint density at radius 1 is 0.169 bits per heavy atom. The number of pyridine rings is 3. The van der Waals surface area contributed by atoms with Crippen molar-refractivity contribution in [2.45, 2.75) is 0 Å². The second-order valence-electron chi connectivity index (χ2n) is 32.2. The molecule has 9 heteroatoms. The van der Waals surface area contributed by atoms with E-state index in [2.05, 4.69) is 444 Å². The van der Waals surface area contributed by atoms with Gasteiger partial charge in [0.25, 0.3) is 0 Å². The number of benzene rings is 18. The Morgan fingerprint density at radius 2 is 0.548 bits per heavy atom. The van der Waals surface area contributed by atoms with E-state index in [9.17, 15) is 0 Å². The molecule has 27 aromatic rings. The van der Waals surface area contributed by atoms with E-state index in [0.717, 1.165) is 72.3 Å². The van der Waals surface area contributed by atoms with Crippen molar-refractivity contribution in [2.24, 2.45) is 0 Å². The molecule has 18 aromatic carbocycles. The first-order valence-electron chi connectivity index (χ1n) is 42.3. The van der Waals surface area contributed by atoms with Crippen LogP contribution in [0.5, 0.6) is 0 Å². The summed E-state index contributed by atoms with van der Waals surface area (Å²) < 4.78 is 14.4. The lowest BCUT2D eigenvalue weighted by Gasteiger charge is -2.15. The first-order chi connectivity index (χ1) is 61.6. The van der Waals surface area contributed by atoms with Crippen molar-refractivity contribution in [3.63, 3.8) is 0 Å². The first-order valence-corrected chi connectivity index (χ1v) is 42.3. The van der Waals surface area contributed by atoms with Gasteiger partial charge >= 0.3 is 0 Å². The van der Waals surface area contributed by atoms with Crippen molar-refractivity contribution in [1.29, 1.82) is 0 Å². The van der Waals surface area contributed by atoms with Crippen molar-refractivity contribution >= 4 is 174 Å². The largest absolute Gasteiger partial charge is 0.309 e. The molecule has 578 valence electrons. The zero-order chi connectivity index (χ0) is 81.5. The Kier molecular flexibility index (Phi) is 16.1. The summed E-state index contributed by atoms with van der Waals surface area (Å²) >= 11 is 0. The summed E-state index contributed by atoms with van der Waals surface area (Å²) in [6.45, 7) is 0. The number of rotatable bonds is 8. The Labute approximate surface area is 711 Å². The summed E-state index contributed by atoms with van der Waals surface area (Å²) in [7, 11) is 0. The molecule has 0 fully saturated rings. The first kappa shape index (κ1) is 70.3. The van der Waals surface area contributed by atoms with Crippen LogP contribution in [0.15, 0.2) is 443 Å². The molecule has 0 spiro atoms. The minimum atomic E-state index is 1.02. The molecule has 0 unspecified atom stereocenters. The van der Waals surface area contributed by atoms with E-state index in [1.807, 2.05) is 37.1 Å². The van der Waals surface area contributed by atoms with Crippen molar-refractivity contribution in [3.8, 4) is 56.4 Å². The van der Waals surface area contributed by atoms with Gasteiger partial charge in [-0.2, -0.15) is 0 Å². The van der Waals surface area contributed by atoms with Gasteiger partial charge in [-0.15, -0.1) is 0 Å². The van der Waals surface area contributed by atoms with Gasteiger partial charge in [-0.1, -0.05) is 273 Å². The van der Waals surface area contributed by atoms with Crippen molar-refractivity contribution in [3.05, 3.63) is 443 Å². The topological polar surface area (TPSA) is 68.2 Å². The lowest BCUT2D eigenvalue weighted by atomic mass is 10.00. The fourth-order valence-electron chi connectivity index (χ4n) is 20.1. The lowest BCUT2D eigenvalue weighted by molar-refractivity contribution is 1.17. The lowest BCUT2D eigenvalue weighted by Crippen LogP contribution is -1.97. The number of hydrogen-bond acceptors (Lipinski definition) is 3. The van der Waals surface area contributed by atoms with Crippen LogP contribution in [0, 0.1) is 0 Å². The highest BCUT2D eigenvalue weighted by Crippen LogP contribution is 2.48. The Hall–Kier alpha value is -16.8. The van der Waals surface area contributed by atoms with Gasteiger partial charge in [0.2, 0.25) is 0 Å². The summed E-state index contributed by atoms with van der Waals surface area (Å²) in [5.41, 5.74) is 26.9. The number of fused-ring (bicyclic) bond motifs is 26. The average molecular weight is 1580 g/mol. The van der Waals surface area contributed by atoms with Gasteiger partial charge in [-0.25, -0.2) is 0 Å². The molecule has 0 aliphatic carbocycles. The normalized spacial score (nSPS) is 11.9. The van der Waals surface area contributed by atoms with E-state index < -0.39 is 0 Å². The van der Waals surface area contributed by atoms with E-state index in [1.165, 1.54) is 158 Å². The highest BCUT2D eigenvalue weighted by Gasteiger charge is 2.27. The average Bonchev–Trinajstić information content (AvgIpc) is 1.55. The van der Waals surface area contributed by atoms with Crippen LogP contribution in [0.4, 0.5) is 0 Å². The molecular weight excluding hydrogens is 1510 g/mol. The number of nitrogens with zero attached hydrogens (tertiary/aromatic N) is 9. The molecule has 0 saturated heterocycles. The maximum absolute atomic E-state index is 4.98. The van der Waals surface area contributed by atoms with Gasteiger partial charge in [0.05, 0.1) is 82.8 Å². The molecule has 0 amide bonds. The predicted molar refractivity (Wildman–Crippen MR) is 520 cm³/mol. The van der Waals surface area contributed by atoms with Gasteiger partial charge < -0.3 is 27.4 Å². The quantitative estimate of drug-likeness (QED) is 0.112. The van der Waals surface area contributed by atoms with Crippen LogP contribution in [0.25, 0.3) is 230 Å². The van der Waals surface area contributed by atoms with Crippen LogP contribution in [-0.2, 0) is 0 Å². The number of aromatic nitrogens is 9. The molecule has 0 radical (unpaired) electrons. The van der Waals surface area contributed by atoms with E-state index in [-0.39, 0.29) is 0 Å². The highest BCUT2D eigenvalue weighted by molar-refractivity contribution is 6.30. The third kappa shape index (κ3) is 11.0. The Balaban J connectivity index is 0.000000102. The van der Waals surface area contributed by atoms with Crippen LogP contribution >= 0.6 is 0 Å². The highest BCUT2D eigenvalue weighted by atomic mass is 15.1. The molecule has 9 aromatic heterocycles. The van der Waals surface area contributed by atoms with Crippen LogP contribution in [0.1, 0.15) is 0 Å². The molecule has 124 heavy (non-hydrogen) atoms. The summed E-state index contributed by atoms with van der Waals surface area (Å²) in [4.78, 5) is 14.1. The van der Waals surface area contributed by atoms with Crippen molar-refractivity contribution in [2.75, 3.05) is 0 Å². The minimum absolute atomic E-state index is 1.02. The molecule has 0 aliphatic rings. The van der Waals surface area contributed by atoms with Gasteiger partial charge in [0.15, 0.2) is 0 Å². The van der Waals surface area contributed by atoms with Crippen LogP contribution in [0.3, 0.4) is 0 Å². The number of hydrogen-bond donors (Lipinski definition) is 0. The summed E-state index contributed by atoms with van der Waals surface area (Å²) in [6.07, 6.45) is 9.75.